The van der Waals surface area contributed by atoms with Crippen molar-refractivity contribution in [2.45, 2.75) is 18.8 Å². The van der Waals surface area contributed by atoms with Gasteiger partial charge in [-0.25, -0.2) is 0 Å². The zero-order valence-electron chi connectivity index (χ0n) is 5.12. The summed E-state index contributed by atoms with van der Waals surface area (Å²) in [5, 5.41) is 9.19. The van der Waals surface area contributed by atoms with E-state index >= 15 is 0 Å². The average Bonchev–Trinajstić information content (AvgIpc) is 2.35. The Bertz CT molecular complexity index is 115. The van der Waals surface area contributed by atoms with Gasteiger partial charge in [0.1, 0.15) is 0 Å². The summed E-state index contributed by atoms with van der Waals surface area (Å²) in [7, 11) is 0. The van der Waals surface area contributed by atoms with Crippen LogP contribution in [0.5, 0.6) is 0 Å². The zero-order valence-corrected chi connectivity index (χ0v) is 5.12. The van der Waals surface area contributed by atoms with Gasteiger partial charge in [0.15, 0.2) is 6.29 Å². The lowest BCUT2D eigenvalue weighted by Gasteiger charge is -2.06. The van der Waals surface area contributed by atoms with E-state index in [1.807, 2.05) is 0 Å². The van der Waals surface area contributed by atoms with Gasteiger partial charge in [-0.15, -0.1) is 0 Å². The normalized spacial score (nSPS) is 49.7. The summed E-state index contributed by atoms with van der Waals surface area (Å²) in [6.45, 7) is 1.20. The molecule has 3 atom stereocenters. The summed E-state index contributed by atoms with van der Waals surface area (Å²) in [5.74, 6) is 0.255. The van der Waals surface area contributed by atoms with Crippen LogP contribution in [0.3, 0.4) is 0 Å². The standard InChI is InChI=1S/C6H10O3/c7-5-3-9-6-4(5)1-2-8-6/h4-7H,1-3H2/t4?,5-,6+/m0/s1. The highest BCUT2D eigenvalue weighted by atomic mass is 16.7. The molecule has 52 valence electrons. The fourth-order valence-electron chi connectivity index (χ4n) is 1.44. The number of hydrogen-bond acceptors (Lipinski definition) is 3. The Morgan fingerprint density at radius 2 is 2.22 bits per heavy atom. The zero-order chi connectivity index (χ0) is 6.27. The van der Waals surface area contributed by atoms with Crippen LogP contribution in [0.4, 0.5) is 0 Å². The molecule has 1 N–H and O–H groups in total. The molecule has 9 heavy (non-hydrogen) atoms. The Kier molecular flexibility index (Phi) is 1.22. The molecule has 1 unspecified atom stereocenters. The molecular formula is C6H10O3. The summed E-state index contributed by atoms with van der Waals surface area (Å²) in [6, 6.07) is 0. The van der Waals surface area contributed by atoms with Crippen molar-refractivity contribution in [2.24, 2.45) is 5.92 Å². The maximum Gasteiger partial charge on any atom is 0.163 e. The van der Waals surface area contributed by atoms with Crippen molar-refractivity contribution in [3.05, 3.63) is 0 Å². The minimum absolute atomic E-state index is 0.0972. The predicted molar refractivity (Wildman–Crippen MR) is 29.8 cm³/mol. The molecule has 0 bridgehead atoms. The number of ether oxygens (including phenoxy) is 2. The van der Waals surface area contributed by atoms with Gasteiger partial charge in [0.2, 0.25) is 0 Å². The predicted octanol–water partition coefficient (Wildman–Crippen LogP) is -0.260. The highest BCUT2D eigenvalue weighted by Gasteiger charge is 2.40. The second-order valence-electron chi connectivity index (χ2n) is 2.59. The van der Waals surface area contributed by atoms with E-state index in [4.69, 9.17) is 9.47 Å². The van der Waals surface area contributed by atoms with E-state index < -0.39 is 0 Å². The van der Waals surface area contributed by atoms with Crippen LogP contribution < -0.4 is 0 Å². The topological polar surface area (TPSA) is 38.7 Å². The first-order valence-electron chi connectivity index (χ1n) is 3.29. The van der Waals surface area contributed by atoms with Crippen LogP contribution >= 0.6 is 0 Å². The van der Waals surface area contributed by atoms with Gasteiger partial charge in [0.05, 0.1) is 19.3 Å². The second-order valence-corrected chi connectivity index (χ2v) is 2.59. The van der Waals surface area contributed by atoms with E-state index in [0.29, 0.717) is 6.61 Å². The Hall–Kier alpha value is -0.120. The molecule has 2 aliphatic rings. The maximum atomic E-state index is 9.19. The first kappa shape index (κ1) is 5.65. The van der Waals surface area contributed by atoms with Crippen LogP contribution in [-0.2, 0) is 9.47 Å². The van der Waals surface area contributed by atoms with Crippen molar-refractivity contribution in [1.82, 2.24) is 0 Å². The summed E-state index contributed by atoms with van der Waals surface area (Å²) < 4.78 is 10.3. The molecule has 2 saturated heterocycles. The minimum atomic E-state index is -0.280. The fraction of sp³-hybridized carbons (Fsp3) is 1.00. The number of hydrogen-bond donors (Lipinski definition) is 1. The molecule has 0 aromatic carbocycles. The monoisotopic (exact) mass is 130 g/mol. The first-order valence-corrected chi connectivity index (χ1v) is 3.29. The lowest BCUT2D eigenvalue weighted by Crippen LogP contribution is -2.18. The lowest BCUT2D eigenvalue weighted by atomic mass is 10.0. The molecular weight excluding hydrogens is 120 g/mol. The Labute approximate surface area is 53.6 Å². The molecule has 0 aromatic rings. The van der Waals surface area contributed by atoms with E-state index in [1.54, 1.807) is 0 Å². The van der Waals surface area contributed by atoms with Crippen molar-refractivity contribution in [2.75, 3.05) is 13.2 Å². The summed E-state index contributed by atoms with van der Waals surface area (Å²) in [5.41, 5.74) is 0. The molecule has 2 heterocycles. The maximum absolute atomic E-state index is 9.19. The van der Waals surface area contributed by atoms with Crippen molar-refractivity contribution >= 4 is 0 Å². The lowest BCUT2D eigenvalue weighted by molar-refractivity contribution is -0.0907. The van der Waals surface area contributed by atoms with Gasteiger partial charge in [-0.05, 0) is 6.42 Å². The molecule has 3 heteroatoms. The quantitative estimate of drug-likeness (QED) is 0.491. The van der Waals surface area contributed by atoms with Crippen LogP contribution in [0.1, 0.15) is 6.42 Å². The van der Waals surface area contributed by atoms with Crippen molar-refractivity contribution in [3.63, 3.8) is 0 Å². The van der Waals surface area contributed by atoms with Gasteiger partial charge in [-0.2, -0.15) is 0 Å². The Balaban J connectivity index is 2.07. The van der Waals surface area contributed by atoms with Crippen LogP contribution in [0, 0.1) is 5.92 Å². The van der Waals surface area contributed by atoms with Gasteiger partial charge >= 0.3 is 0 Å². The molecule has 2 fully saturated rings. The van der Waals surface area contributed by atoms with Gasteiger partial charge in [0.25, 0.3) is 0 Å². The highest BCUT2D eigenvalue weighted by molar-refractivity contribution is 4.81. The third kappa shape index (κ3) is 0.764. The second kappa shape index (κ2) is 1.94. The number of fused-ring (bicyclic) bond motifs is 1. The van der Waals surface area contributed by atoms with Gasteiger partial charge in [0, 0.05) is 5.92 Å². The molecule has 0 amide bonds. The Morgan fingerprint density at radius 1 is 1.33 bits per heavy atom. The highest BCUT2D eigenvalue weighted by Crippen LogP contribution is 2.30. The van der Waals surface area contributed by atoms with Gasteiger partial charge in [-0.1, -0.05) is 0 Å². The van der Waals surface area contributed by atoms with E-state index in [2.05, 4.69) is 0 Å². The third-order valence-electron chi connectivity index (χ3n) is 2.01. The number of aliphatic hydroxyl groups excluding tert-OH is 1. The molecule has 0 aliphatic carbocycles. The van der Waals surface area contributed by atoms with Crippen LogP contribution in [0.2, 0.25) is 0 Å². The fourth-order valence-corrected chi connectivity index (χ4v) is 1.44. The molecule has 2 aliphatic heterocycles. The molecule has 0 radical (unpaired) electrons. The van der Waals surface area contributed by atoms with E-state index in [0.717, 1.165) is 13.0 Å². The van der Waals surface area contributed by atoms with Crippen molar-refractivity contribution in [3.8, 4) is 0 Å². The Morgan fingerprint density at radius 3 is 3.00 bits per heavy atom. The molecule has 0 aromatic heterocycles. The molecule has 0 spiro atoms. The van der Waals surface area contributed by atoms with Gasteiger partial charge < -0.3 is 14.6 Å². The first-order chi connectivity index (χ1) is 4.38. The minimum Gasteiger partial charge on any atom is -0.390 e. The summed E-state index contributed by atoms with van der Waals surface area (Å²) in [4.78, 5) is 0. The summed E-state index contributed by atoms with van der Waals surface area (Å²) in [6.07, 6.45) is 0.573. The average molecular weight is 130 g/mol. The molecule has 2 rings (SSSR count). The van der Waals surface area contributed by atoms with E-state index in [-0.39, 0.29) is 18.3 Å². The van der Waals surface area contributed by atoms with Crippen LogP contribution in [0.15, 0.2) is 0 Å². The largest absolute Gasteiger partial charge is 0.390 e. The number of aliphatic hydroxyl groups is 1. The molecule has 3 nitrogen and oxygen atoms in total. The third-order valence-corrected chi connectivity index (χ3v) is 2.01. The van der Waals surface area contributed by atoms with E-state index in [9.17, 15) is 5.11 Å². The van der Waals surface area contributed by atoms with Crippen molar-refractivity contribution < 1.29 is 14.6 Å². The van der Waals surface area contributed by atoms with Crippen LogP contribution in [0.25, 0.3) is 0 Å². The van der Waals surface area contributed by atoms with Crippen molar-refractivity contribution in [1.29, 1.82) is 0 Å². The smallest absolute Gasteiger partial charge is 0.163 e. The molecule has 0 saturated carbocycles. The SMILES string of the molecule is O[C@H]1CO[C@H]2OCCC21. The van der Waals surface area contributed by atoms with Gasteiger partial charge in [-0.3, -0.25) is 0 Å². The summed E-state index contributed by atoms with van der Waals surface area (Å²) >= 11 is 0. The van der Waals surface area contributed by atoms with E-state index in [1.165, 1.54) is 0 Å². The van der Waals surface area contributed by atoms with Crippen LogP contribution in [-0.4, -0.2) is 30.7 Å². The number of rotatable bonds is 0.